The number of cyclic esters (lactones) is 1. The lowest BCUT2D eigenvalue weighted by atomic mass is 9.89. The van der Waals surface area contributed by atoms with Gasteiger partial charge in [0.1, 0.15) is 0 Å². The van der Waals surface area contributed by atoms with Crippen molar-refractivity contribution in [2.75, 3.05) is 5.32 Å². The number of hydrogen-bond donors (Lipinski definition) is 1. The molecule has 142 valence electrons. The normalized spacial score (nSPS) is 18.3. The number of rotatable bonds is 4. The minimum atomic E-state index is -1.28. The number of carbonyl (C=O) groups is 2. The molecule has 5 nitrogen and oxygen atoms in total. The smallest absolute Gasteiger partial charge is 0.339 e. The van der Waals surface area contributed by atoms with Gasteiger partial charge >= 0.3 is 5.97 Å². The van der Waals surface area contributed by atoms with Crippen molar-refractivity contribution in [1.29, 1.82) is 0 Å². The van der Waals surface area contributed by atoms with E-state index < -0.39 is 17.5 Å². The first-order valence-corrected chi connectivity index (χ1v) is 9.95. The predicted octanol–water partition coefficient (Wildman–Crippen LogP) is 4.50. The largest absolute Gasteiger partial charge is 0.445 e. The molecule has 1 atom stereocenters. The third-order valence-electron chi connectivity index (χ3n) is 4.66. The Morgan fingerprint density at radius 3 is 2.82 bits per heavy atom. The number of thiazole rings is 1. The van der Waals surface area contributed by atoms with Crippen molar-refractivity contribution in [3.8, 4) is 0 Å². The van der Waals surface area contributed by atoms with Crippen LogP contribution < -0.4 is 5.32 Å². The molecule has 1 N–H and O–H groups in total. The Hall–Kier alpha value is -2.70. The van der Waals surface area contributed by atoms with Gasteiger partial charge in [-0.25, -0.2) is 9.78 Å². The van der Waals surface area contributed by atoms with E-state index in [9.17, 15) is 9.59 Å². The summed E-state index contributed by atoms with van der Waals surface area (Å²) in [7, 11) is 0. The second-order valence-corrected chi connectivity index (χ2v) is 8.33. The number of nitrogens with one attached hydrogen (secondary N) is 1. The molecule has 0 saturated carbocycles. The second kappa shape index (κ2) is 7.37. The highest BCUT2D eigenvalue weighted by Gasteiger charge is 2.42. The first-order chi connectivity index (χ1) is 13.4. The summed E-state index contributed by atoms with van der Waals surface area (Å²) in [6.07, 6.45) is 2.67. The topological polar surface area (TPSA) is 68.3 Å². The van der Waals surface area contributed by atoms with Gasteiger partial charge in [-0.1, -0.05) is 48.0 Å². The SMILES string of the molecule is C[C@@]1(C(=O)Nc2ncc(Cc3ccccc3Cl)s2)Cc2ccccc2C(=O)O1. The van der Waals surface area contributed by atoms with Crippen LogP contribution in [0.5, 0.6) is 0 Å². The Labute approximate surface area is 171 Å². The lowest BCUT2D eigenvalue weighted by Crippen LogP contribution is -2.48. The van der Waals surface area contributed by atoms with E-state index in [-0.39, 0.29) is 0 Å². The van der Waals surface area contributed by atoms with Crippen LogP contribution in [0.15, 0.2) is 54.7 Å². The van der Waals surface area contributed by atoms with Gasteiger partial charge in [0, 0.05) is 28.9 Å². The minimum absolute atomic E-state index is 0.318. The van der Waals surface area contributed by atoms with Crippen LogP contribution in [0.2, 0.25) is 5.02 Å². The first kappa shape index (κ1) is 18.7. The summed E-state index contributed by atoms with van der Waals surface area (Å²) < 4.78 is 5.46. The Morgan fingerprint density at radius 2 is 2.00 bits per heavy atom. The van der Waals surface area contributed by atoms with E-state index >= 15 is 0 Å². The Balaban J connectivity index is 1.48. The Morgan fingerprint density at radius 1 is 1.25 bits per heavy atom. The summed E-state index contributed by atoms with van der Waals surface area (Å²) in [5.41, 5.74) is 1.02. The molecule has 0 fully saturated rings. The van der Waals surface area contributed by atoms with Gasteiger partial charge in [0.15, 0.2) is 10.7 Å². The van der Waals surface area contributed by atoms with Crippen LogP contribution in [0.25, 0.3) is 0 Å². The third kappa shape index (κ3) is 3.66. The maximum absolute atomic E-state index is 12.8. The minimum Gasteiger partial charge on any atom is -0.445 e. The van der Waals surface area contributed by atoms with E-state index in [4.69, 9.17) is 16.3 Å². The number of hydrogen-bond acceptors (Lipinski definition) is 5. The maximum atomic E-state index is 12.8. The van der Waals surface area contributed by atoms with Crippen LogP contribution in [0.1, 0.15) is 33.3 Å². The summed E-state index contributed by atoms with van der Waals surface area (Å²) >= 11 is 7.58. The fraction of sp³-hybridized carbons (Fsp3) is 0.190. The van der Waals surface area contributed by atoms with Crippen LogP contribution in [0.4, 0.5) is 5.13 Å². The maximum Gasteiger partial charge on any atom is 0.339 e. The van der Waals surface area contributed by atoms with Crippen LogP contribution in [-0.2, 0) is 22.4 Å². The summed E-state index contributed by atoms with van der Waals surface area (Å²) in [6, 6.07) is 14.8. The number of amides is 1. The molecular weight excluding hydrogens is 396 g/mol. The quantitative estimate of drug-likeness (QED) is 0.641. The summed E-state index contributed by atoms with van der Waals surface area (Å²) in [4.78, 5) is 30.3. The average molecular weight is 413 g/mol. The number of benzene rings is 2. The average Bonchev–Trinajstić information content (AvgIpc) is 3.10. The molecule has 0 spiro atoms. The van der Waals surface area contributed by atoms with Crippen molar-refractivity contribution < 1.29 is 14.3 Å². The molecule has 1 aliphatic rings. The molecule has 28 heavy (non-hydrogen) atoms. The lowest BCUT2D eigenvalue weighted by molar-refractivity contribution is -0.134. The fourth-order valence-electron chi connectivity index (χ4n) is 3.17. The van der Waals surface area contributed by atoms with Gasteiger partial charge in [0.2, 0.25) is 0 Å². The van der Waals surface area contributed by atoms with Gasteiger partial charge in [-0.05, 0) is 30.2 Å². The highest BCUT2D eigenvalue weighted by molar-refractivity contribution is 7.15. The van der Waals surface area contributed by atoms with E-state index in [0.29, 0.717) is 28.6 Å². The molecule has 2 aromatic carbocycles. The van der Waals surface area contributed by atoms with Crippen LogP contribution in [-0.4, -0.2) is 22.5 Å². The number of halogens is 1. The zero-order chi connectivity index (χ0) is 19.7. The molecule has 0 unspecified atom stereocenters. The molecule has 0 bridgehead atoms. The number of carbonyl (C=O) groups excluding carboxylic acids is 2. The van der Waals surface area contributed by atoms with Crippen molar-refractivity contribution >= 4 is 39.9 Å². The van der Waals surface area contributed by atoms with Gasteiger partial charge in [0.05, 0.1) is 5.56 Å². The number of fused-ring (bicyclic) bond motifs is 1. The van der Waals surface area contributed by atoms with Crippen molar-refractivity contribution in [3.63, 3.8) is 0 Å². The molecule has 0 radical (unpaired) electrons. The van der Waals surface area contributed by atoms with Gasteiger partial charge in [0.25, 0.3) is 5.91 Å². The lowest BCUT2D eigenvalue weighted by Gasteiger charge is -2.32. The highest BCUT2D eigenvalue weighted by Crippen LogP contribution is 2.30. The third-order valence-corrected chi connectivity index (χ3v) is 5.94. The number of ether oxygens (including phenoxy) is 1. The van der Waals surface area contributed by atoms with E-state index in [1.165, 1.54) is 11.3 Å². The molecule has 0 aliphatic carbocycles. The van der Waals surface area contributed by atoms with Crippen LogP contribution >= 0.6 is 22.9 Å². The second-order valence-electron chi connectivity index (χ2n) is 6.81. The molecular formula is C21H17ClN2O3S. The highest BCUT2D eigenvalue weighted by atomic mass is 35.5. The van der Waals surface area contributed by atoms with E-state index in [1.54, 1.807) is 25.3 Å². The summed E-state index contributed by atoms with van der Waals surface area (Å²) in [5.74, 6) is -0.882. The monoisotopic (exact) mass is 412 g/mol. The van der Waals surface area contributed by atoms with Crippen molar-refractivity contribution in [2.24, 2.45) is 0 Å². The summed E-state index contributed by atoms with van der Waals surface area (Å²) in [5, 5.41) is 3.94. The van der Waals surface area contributed by atoms with Crippen LogP contribution in [0.3, 0.4) is 0 Å². The Kier molecular flexibility index (Phi) is 4.91. The van der Waals surface area contributed by atoms with Gasteiger partial charge in [-0.15, -0.1) is 11.3 Å². The van der Waals surface area contributed by atoms with Gasteiger partial charge in [-0.3, -0.25) is 10.1 Å². The van der Waals surface area contributed by atoms with Gasteiger partial charge in [-0.2, -0.15) is 0 Å². The number of aromatic nitrogens is 1. The predicted molar refractivity (Wildman–Crippen MR) is 109 cm³/mol. The molecule has 4 rings (SSSR count). The number of anilines is 1. The summed E-state index contributed by atoms with van der Waals surface area (Å²) in [6.45, 7) is 1.62. The standard InChI is InChI=1S/C21H17ClN2O3S/c1-21(11-14-7-2-4-8-16(14)18(25)27-21)19(26)24-20-23-12-15(28-20)10-13-6-3-5-9-17(13)22/h2-9,12H,10-11H2,1H3,(H,23,24,26)/t21-/m0/s1. The molecule has 7 heteroatoms. The fourth-order valence-corrected chi connectivity index (χ4v) is 4.20. The zero-order valence-electron chi connectivity index (χ0n) is 15.1. The van der Waals surface area contributed by atoms with E-state index in [2.05, 4.69) is 10.3 Å². The molecule has 3 aromatic rings. The molecule has 0 saturated heterocycles. The molecule has 1 aromatic heterocycles. The molecule has 1 aliphatic heterocycles. The molecule has 2 heterocycles. The number of esters is 1. The van der Waals surface area contributed by atoms with E-state index in [1.807, 2.05) is 36.4 Å². The zero-order valence-corrected chi connectivity index (χ0v) is 16.6. The van der Waals surface area contributed by atoms with Crippen LogP contribution in [0, 0.1) is 0 Å². The number of nitrogens with zero attached hydrogens (tertiary/aromatic N) is 1. The Bertz CT molecular complexity index is 1070. The van der Waals surface area contributed by atoms with Crippen molar-refractivity contribution in [3.05, 3.63) is 81.3 Å². The van der Waals surface area contributed by atoms with Gasteiger partial charge < -0.3 is 4.74 Å². The first-order valence-electron chi connectivity index (χ1n) is 8.75. The van der Waals surface area contributed by atoms with Crippen molar-refractivity contribution in [2.45, 2.75) is 25.4 Å². The van der Waals surface area contributed by atoms with Crippen molar-refractivity contribution in [1.82, 2.24) is 4.98 Å². The molecule has 1 amide bonds. The van der Waals surface area contributed by atoms with E-state index in [0.717, 1.165) is 16.0 Å².